The fraction of sp³-hybridized carbons (Fsp3) is 0.375. The van der Waals surface area contributed by atoms with E-state index in [9.17, 15) is 9.59 Å². The second-order valence-corrected chi connectivity index (χ2v) is 4.46. The van der Waals surface area contributed by atoms with E-state index in [-0.39, 0.29) is 25.7 Å². The van der Waals surface area contributed by atoms with Crippen LogP contribution in [-0.2, 0) is 9.53 Å². The number of ether oxygens (including phenoxy) is 1. The number of aliphatic hydroxyl groups excluding tert-OH is 1. The molecule has 0 aliphatic rings. The summed E-state index contributed by atoms with van der Waals surface area (Å²) >= 11 is 0. The minimum absolute atomic E-state index is 0.0990. The molecule has 5 heteroatoms. The molecule has 0 saturated carbocycles. The van der Waals surface area contributed by atoms with Crippen LogP contribution in [0.4, 0.5) is 0 Å². The summed E-state index contributed by atoms with van der Waals surface area (Å²) in [4.78, 5) is 24.9. The van der Waals surface area contributed by atoms with Gasteiger partial charge in [0.05, 0.1) is 6.61 Å². The first-order valence-electron chi connectivity index (χ1n) is 6.61. The van der Waals surface area contributed by atoms with Crippen molar-refractivity contribution in [3.63, 3.8) is 0 Å². The van der Waals surface area contributed by atoms with Gasteiger partial charge in [-0.2, -0.15) is 0 Å². The van der Waals surface area contributed by atoms with Gasteiger partial charge in [0.15, 0.2) is 0 Å². The molecule has 112 valence electrons. The maximum Gasteiger partial charge on any atom is 0.325 e. The summed E-state index contributed by atoms with van der Waals surface area (Å²) in [6.45, 7) is 3.54. The largest absolute Gasteiger partial charge is 0.465 e. The normalized spacial score (nSPS) is 9.52. The summed E-state index contributed by atoms with van der Waals surface area (Å²) in [5.74, 6) is 4.63. The summed E-state index contributed by atoms with van der Waals surface area (Å²) in [5.41, 5.74) is 2.04. The summed E-state index contributed by atoms with van der Waals surface area (Å²) in [6.07, 6.45) is 0. The van der Waals surface area contributed by atoms with Crippen molar-refractivity contribution in [2.45, 2.75) is 13.8 Å². The van der Waals surface area contributed by atoms with E-state index < -0.39 is 5.97 Å². The van der Waals surface area contributed by atoms with Crippen LogP contribution in [0.3, 0.4) is 0 Å². The van der Waals surface area contributed by atoms with Gasteiger partial charge in [0.2, 0.25) is 0 Å². The molecule has 21 heavy (non-hydrogen) atoms. The quantitative estimate of drug-likeness (QED) is 0.662. The highest BCUT2D eigenvalue weighted by Crippen LogP contribution is 2.12. The zero-order valence-electron chi connectivity index (χ0n) is 12.5. The van der Waals surface area contributed by atoms with E-state index in [1.165, 1.54) is 11.9 Å². The molecular weight excluding hydrogens is 270 g/mol. The van der Waals surface area contributed by atoms with E-state index in [0.717, 1.165) is 5.56 Å². The number of likely N-dealkylation sites (N-methyl/N-ethyl adjacent to an activating group) is 1. The van der Waals surface area contributed by atoms with Crippen LogP contribution in [0.1, 0.15) is 28.4 Å². The molecule has 0 spiro atoms. The lowest BCUT2D eigenvalue weighted by molar-refractivity contribution is -0.143. The highest BCUT2D eigenvalue weighted by molar-refractivity contribution is 5.96. The molecule has 0 fully saturated rings. The SMILES string of the molecule is CCOC(=O)CN(C)C(=O)c1ccc(C)c(C#CCO)c1. The average Bonchev–Trinajstić information content (AvgIpc) is 2.45. The molecule has 0 aromatic heterocycles. The third-order valence-corrected chi connectivity index (χ3v) is 2.80. The van der Waals surface area contributed by atoms with Crippen molar-refractivity contribution < 1.29 is 19.4 Å². The predicted molar refractivity (Wildman–Crippen MR) is 78.7 cm³/mol. The van der Waals surface area contributed by atoms with Crippen molar-refractivity contribution in [2.24, 2.45) is 0 Å². The lowest BCUT2D eigenvalue weighted by Gasteiger charge is -2.16. The van der Waals surface area contributed by atoms with E-state index in [2.05, 4.69) is 11.8 Å². The van der Waals surface area contributed by atoms with Crippen molar-refractivity contribution in [2.75, 3.05) is 26.8 Å². The van der Waals surface area contributed by atoms with Crippen LogP contribution in [0.15, 0.2) is 18.2 Å². The minimum Gasteiger partial charge on any atom is -0.465 e. The Labute approximate surface area is 124 Å². The number of rotatable bonds is 4. The van der Waals surface area contributed by atoms with Gasteiger partial charge in [0.25, 0.3) is 5.91 Å². The smallest absolute Gasteiger partial charge is 0.325 e. The van der Waals surface area contributed by atoms with Crippen LogP contribution < -0.4 is 0 Å². The van der Waals surface area contributed by atoms with Gasteiger partial charge in [0.1, 0.15) is 13.2 Å². The molecular formula is C16H19NO4. The minimum atomic E-state index is -0.444. The molecule has 1 aromatic rings. The maximum atomic E-state index is 12.2. The van der Waals surface area contributed by atoms with E-state index in [1.807, 2.05) is 6.92 Å². The van der Waals surface area contributed by atoms with Gasteiger partial charge in [-0.3, -0.25) is 9.59 Å². The highest BCUT2D eigenvalue weighted by Gasteiger charge is 2.16. The molecule has 1 amide bonds. The lowest BCUT2D eigenvalue weighted by Crippen LogP contribution is -2.33. The fourth-order valence-corrected chi connectivity index (χ4v) is 1.72. The van der Waals surface area contributed by atoms with E-state index in [0.29, 0.717) is 11.1 Å². The molecule has 0 aliphatic carbocycles. The van der Waals surface area contributed by atoms with Gasteiger partial charge in [-0.05, 0) is 31.5 Å². The first kappa shape index (κ1) is 16.7. The number of aliphatic hydroxyl groups is 1. The van der Waals surface area contributed by atoms with Crippen LogP contribution in [0.25, 0.3) is 0 Å². The summed E-state index contributed by atoms with van der Waals surface area (Å²) < 4.78 is 4.81. The average molecular weight is 289 g/mol. The van der Waals surface area contributed by atoms with Gasteiger partial charge in [-0.15, -0.1) is 0 Å². The molecule has 0 heterocycles. The van der Waals surface area contributed by atoms with Crippen molar-refractivity contribution >= 4 is 11.9 Å². The van der Waals surface area contributed by atoms with Crippen LogP contribution in [0.2, 0.25) is 0 Å². The molecule has 0 aliphatic heterocycles. The standard InChI is InChI=1S/C16H19NO4/c1-4-21-15(19)11-17(3)16(20)14-8-7-12(2)13(10-14)6-5-9-18/h7-8,10,18H,4,9,11H2,1-3H3. The number of hydrogen-bond donors (Lipinski definition) is 1. The Kier molecular flexibility index (Phi) is 6.44. The van der Waals surface area contributed by atoms with Gasteiger partial charge >= 0.3 is 5.97 Å². The molecule has 1 aromatic carbocycles. The lowest BCUT2D eigenvalue weighted by atomic mass is 10.0. The topological polar surface area (TPSA) is 66.8 Å². The van der Waals surface area contributed by atoms with E-state index in [4.69, 9.17) is 9.84 Å². The second kappa shape index (κ2) is 8.08. The Hall–Kier alpha value is -2.32. The Bertz CT molecular complexity index is 584. The van der Waals surface area contributed by atoms with Crippen molar-refractivity contribution in [1.82, 2.24) is 4.90 Å². The number of carbonyl (C=O) groups is 2. The third kappa shape index (κ3) is 4.93. The number of benzene rings is 1. The molecule has 0 bridgehead atoms. The monoisotopic (exact) mass is 289 g/mol. The third-order valence-electron chi connectivity index (χ3n) is 2.80. The van der Waals surface area contributed by atoms with Crippen LogP contribution >= 0.6 is 0 Å². The van der Waals surface area contributed by atoms with E-state index in [1.54, 1.807) is 25.1 Å². The van der Waals surface area contributed by atoms with Crippen LogP contribution in [-0.4, -0.2) is 48.7 Å². The Morgan fingerprint density at radius 1 is 1.38 bits per heavy atom. The zero-order chi connectivity index (χ0) is 15.8. The van der Waals surface area contributed by atoms with Crippen molar-refractivity contribution in [3.05, 3.63) is 34.9 Å². The summed E-state index contributed by atoms with van der Waals surface area (Å²) in [5, 5.41) is 8.73. The Morgan fingerprint density at radius 3 is 2.71 bits per heavy atom. The first-order chi connectivity index (χ1) is 9.99. The first-order valence-corrected chi connectivity index (χ1v) is 6.61. The van der Waals surface area contributed by atoms with Crippen molar-refractivity contribution in [3.8, 4) is 11.8 Å². The number of nitrogens with zero attached hydrogens (tertiary/aromatic N) is 1. The van der Waals surface area contributed by atoms with Gasteiger partial charge < -0.3 is 14.7 Å². The second-order valence-electron chi connectivity index (χ2n) is 4.46. The molecule has 5 nitrogen and oxygen atoms in total. The summed E-state index contributed by atoms with van der Waals surface area (Å²) in [7, 11) is 1.54. The number of amides is 1. The molecule has 0 saturated heterocycles. The van der Waals surface area contributed by atoms with Gasteiger partial charge in [-0.1, -0.05) is 17.9 Å². The van der Waals surface area contributed by atoms with Crippen LogP contribution in [0.5, 0.6) is 0 Å². The number of aryl methyl sites for hydroxylation is 1. The molecule has 0 unspecified atom stereocenters. The van der Waals surface area contributed by atoms with Gasteiger partial charge in [0, 0.05) is 18.2 Å². The summed E-state index contributed by atoms with van der Waals surface area (Å²) in [6, 6.07) is 5.12. The fourth-order valence-electron chi connectivity index (χ4n) is 1.72. The number of esters is 1. The Balaban J connectivity index is 2.89. The number of hydrogen-bond acceptors (Lipinski definition) is 4. The van der Waals surface area contributed by atoms with Crippen LogP contribution in [0, 0.1) is 18.8 Å². The predicted octanol–water partition coefficient (Wildman–Crippen LogP) is 0.974. The maximum absolute atomic E-state index is 12.2. The zero-order valence-corrected chi connectivity index (χ0v) is 12.5. The molecule has 0 atom stereocenters. The number of carbonyl (C=O) groups excluding carboxylic acids is 2. The van der Waals surface area contributed by atoms with Gasteiger partial charge in [-0.25, -0.2) is 0 Å². The molecule has 1 rings (SSSR count). The molecule has 1 N–H and O–H groups in total. The highest BCUT2D eigenvalue weighted by atomic mass is 16.5. The molecule has 0 radical (unpaired) electrons. The Morgan fingerprint density at radius 2 is 2.10 bits per heavy atom. The van der Waals surface area contributed by atoms with E-state index >= 15 is 0 Å². The van der Waals surface area contributed by atoms with Crippen molar-refractivity contribution in [1.29, 1.82) is 0 Å².